The van der Waals surface area contributed by atoms with Crippen LogP contribution in [0.2, 0.25) is 0 Å². The number of rotatable bonds is 1. The van der Waals surface area contributed by atoms with Gasteiger partial charge < -0.3 is 25.4 Å². The number of ether oxygens (including phenoxy) is 2. The first kappa shape index (κ1) is 10.4. The minimum atomic E-state index is -0.808. The van der Waals surface area contributed by atoms with Gasteiger partial charge in [-0.15, -0.1) is 0 Å². The topological polar surface area (TPSA) is 101 Å². The second-order valence-corrected chi connectivity index (χ2v) is 4.27. The van der Waals surface area contributed by atoms with Gasteiger partial charge in [-0.05, 0) is 0 Å². The summed E-state index contributed by atoms with van der Waals surface area (Å²) in [5, 5.41) is 18.9. The molecule has 0 aliphatic carbocycles. The third kappa shape index (κ3) is 1.36. The van der Waals surface area contributed by atoms with E-state index in [-0.39, 0.29) is 12.8 Å². The van der Waals surface area contributed by atoms with E-state index in [1.807, 2.05) is 4.90 Å². The van der Waals surface area contributed by atoms with Crippen LogP contribution in [0.15, 0.2) is 4.99 Å². The molecule has 3 heterocycles. The van der Waals surface area contributed by atoms with Crippen LogP contribution in [0, 0.1) is 0 Å². The van der Waals surface area contributed by atoms with Crippen molar-refractivity contribution in [1.29, 1.82) is 0 Å². The number of aliphatic hydroxyl groups excluding tert-OH is 2. The van der Waals surface area contributed by atoms with Crippen LogP contribution < -0.4 is 5.73 Å². The molecule has 0 spiro atoms. The largest absolute Gasteiger partial charge is 0.394 e. The van der Waals surface area contributed by atoms with E-state index in [9.17, 15) is 5.11 Å². The Hall–Kier alpha value is -0.730. The summed E-state index contributed by atoms with van der Waals surface area (Å²) in [4.78, 5) is 6.07. The number of fused-ring (bicyclic) bond motifs is 3. The van der Waals surface area contributed by atoms with Crippen molar-refractivity contribution in [3.05, 3.63) is 0 Å². The molecule has 3 unspecified atom stereocenters. The van der Waals surface area contributed by atoms with Gasteiger partial charge >= 0.3 is 0 Å². The van der Waals surface area contributed by atoms with Gasteiger partial charge in [0.05, 0.1) is 12.4 Å². The van der Waals surface area contributed by atoms with E-state index >= 15 is 0 Å². The Kier molecular flexibility index (Phi) is 2.37. The number of nitrogens with zero attached hydrogens (tertiary/aromatic N) is 2. The minimum Gasteiger partial charge on any atom is -0.394 e. The average Bonchev–Trinajstić information content (AvgIpc) is 2.75. The van der Waals surface area contributed by atoms with Crippen molar-refractivity contribution in [2.75, 3.05) is 13.2 Å². The molecular weight excluding hydrogens is 214 g/mol. The molecule has 0 aromatic heterocycles. The molecule has 3 rings (SSSR count). The maximum atomic E-state index is 9.86. The van der Waals surface area contributed by atoms with Gasteiger partial charge in [0.25, 0.3) is 0 Å². The number of nitrogens with two attached hydrogens (primary N) is 1. The Labute approximate surface area is 92.5 Å². The van der Waals surface area contributed by atoms with Gasteiger partial charge in [0.15, 0.2) is 0 Å². The summed E-state index contributed by atoms with van der Waals surface area (Å²) < 4.78 is 11.1. The SMILES string of the molecule is NC1=NC2OC3C(O)[C@@H](CO)O[C@H]3N2CC1. The maximum absolute atomic E-state index is 9.86. The zero-order valence-corrected chi connectivity index (χ0v) is 8.69. The molecule has 2 fully saturated rings. The summed E-state index contributed by atoms with van der Waals surface area (Å²) in [7, 11) is 0. The number of amidine groups is 1. The van der Waals surface area contributed by atoms with Gasteiger partial charge in [-0.2, -0.15) is 0 Å². The van der Waals surface area contributed by atoms with Gasteiger partial charge in [-0.3, -0.25) is 0 Å². The molecule has 5 atom stereocenters. The zero-order valence-electron chi connectivity index (χ0n) is 8.69. The fourth-order valence-corrected chi connectivity index (χ4v) is 2.42. The number of hydrogen-bond acceptors (Lipinski definition) is 7. The van der Waals surface area contributed by atoms with Crippen molar-refractivity contribution in [1.82, 2.24) is 4.90 Å². The first-order chi connectivity index (χ1) is 7.70. The highest BCUT2D eigenvalue weighted by Gasteiger charge is 2.55. The lowest BCUT2D eigenvalue weighted by Crippen LogP contribution is -2.44. The van der Waals surface area contributed by atoms with E-state index in [0.29, 0.717) is 18.8 Å². The third-order valence-corrected chi connectivity index (χ3v) is 3.28. The van der Waals surface area contributed by atoms with Gasteiger partial charge in [-0.1, -0.05) is 0 Å². The van der Waals surface area contributed by atoms with E-state index in [1.54, 1.807) is 0 Å². The normalized spacial score (nSPS) is 47.6. The van der Waals surface area contributed by atoms with Gasteiger partial charge in [0.1, 0.15) is 24.5 Å². The van der Waals surface area contributed by atoms with Gasteiger partial charge in [-0.25, -0.2) is 9.89 Å². The van der Waals surface area contributed by atoms with Gasteiger partial charge in [0, 0.05) is 13.0 Å². The molecule has 0 aromatic rings. The molecule has 0 bridgehead atoms. The molecule has 0 radical (unpaired) electrons. The molecule has 0 aromatic carbocycles. The Bertz CT molecular complexity index is 324. The highest BCUT2D eigenvalue weighted by atomic mass is 16.6. The smallest absolute Gasteiger partial charge is 0.211 e. The molecular formula is C9H15N3O4. The lowest BCUT2D eigenvalue weighted by atomic mass is 10.1. The highest BCUT2D eigenvalue weighted by molar-refractivity contribution is 5.81. The summed E-state index contributed by atoms with van der Waals surface area (Å²) in [5.74, 6) is 0.564. The van der Waals surface area contributed by atoms with Crippen molar-refractivity contribution in [3.8, 4) is 0 Å². The fraction of sp³-hybridized carbons (Fsp3) is 0.889. The molecule has 4 N–H and O–H groups in total. The summed E-state index contributed by atoms with van der Waals surface area (Å²) in [6, 6.07) is 0. The van der Waals surface area contributed by atoms with Crippen LogP contribution in [-0.4, -0.2) is 65.0 Å². The zero-order chi connectivity index (χ0) is 11.3. The van der Waals surface area contributed by atoms with E-state index < -0.39 is 24.7 Å². The molecule has 90 valence electrons. The highest BCUT2D eigenvalue weighted by Crippen LogP contribution is 2.36. The van der Waals surface area contributed by atoms with Crippen molar-refractivity contribution in [3.63, 3.8) is 0 Å². The van der Waals surface area contributed by atoms with Crippen molar-refractivity contribution >= 4 is 5.84 Å². The molecule has 7 nitrogen and oxygen atoms in total. The number of aliphatic imine (C=N–C) groups is 1. The van der Waals surface area contributed by atoms with Crippen LogP contribution in [-0.2, 0) is 9.47 Å². The predicted octanol–water partition coefficient (Wildman–Crippen LogP) is -2.19. The molecule has 0 saturated carbocycles. The lowest BCUT2D eigenvalue weighted by Gasteiger charge is -2.28. The molecule has 3 aliphatic heterocycles. The standard InChI is InChI=1S/C9H15N3O4/c10-5-1-2-12-8-7(16-9(12)11-5)6(14)4(3-13)15-8/h4,6-9,13-14H,1-3H2,(H2,10,11)/t4-,6?,7?,8-,9?/m1/s1. The second-order valence-electron chi connectivity index (χ2n) is 4.27. The van der Waals surface area contributed by atoms with Crippen LogP contribution in [0.5, 0.6) is 0 Å². The fourth-order valence-electron chi connectivity index (χ4n) is 2.42. The molecule has 3 aliphatic rings. The van der Waals surface area contributed by atoms with Crippen molar-refractivity contribution < 1.29 is 19.7 Å². The van der Waals surface area contributed by atoms with Crippen LogP contribution in [0.4, 0.5) is 0 Å². The van der Waals surface area contributed by atoms with Gasteiger partial charge in [0.2, 0.25) is 6.35 Å². The van der Waals surface area contributed by atoms with Crippen LogP contribution in [0.3, 0.4) is 0 Å². The average molecular weight is 229 g/mol. The monoisotopic (exact) mass is 229 g/mol. The predicted molar refractivity (Wildman–Crippen MR) is 53.4 cm³/mol. The van der Waals surface area contributed by atoms with Crippen LogP contribution in [0.1, 0.15) is 6.42 Å². The maximum Gasteiger partial charge on any atom is 0.211 e. The Morgan fingerprint density at radius 2 is 2.31 bits per heavy atom. The van der Waals surface area contributed by atoms with E-state index in [0.717, 1.165) is 0 Å². The van der Waals surface area contributed by atoms with Crippen molar-refractivity contribution in [2.24, 2.45) is 10.7 Å². The lowest BCUT2D eigenvalue weighted by molar-refractivity contribution is -0.106. The molecule has 16 heavy (non-hydrogen) atoms. The number of hydrogen-bond donors (Lipinski definition) is 3. The number of aliphatic hydroxyl groups is 2. The van der Waals surface area contributed by atoms with Crippen molar-refractivity contribution in [2.45, 2.75) is 37.3 Å². The summed E-state index contributed by atoms with van der Waals surface area (Å²) in [6.45, 7) is 0.494. The van der Waals surface area contributed by atoms with E-state index in [2.05, 4.69) is 4.99 Å². The summed E-state index contributed by atoms with van der Waals surface area (Å²) in [6.07, 6.45) is -1.92. The van der Waals surface area contributed by atoms with Crippen LogP contribution >= 0.6 is 0 Å². The summed E-state index contributed by atoms with van der Waals surface area (Å²) >= 11 is 0. The Balaban J connectivity index is 1.80. The van der Waals surface area contributed by atoms with Crippen LogP contribution in [0.25, 0.3) is 0 Å². The second kappa shape index (κ2) is 3.64. The quantitative estimate of drug-likeness (QED) is 0.472. The first-order valence-electron chi connectivity index (χ1n) is 5.38. The molecule has 2 saturated heterocycles. The minimum absolute atomic E-state index is 0.207. The van der Waals surface area contributed by atoms with E-state index in [1.165, 1.54) is 0 Å². The molecule has 7 heteroatoms. The first-order valence-corrected chi connectivity index (χ1v) is 5.38. The third-order valence-electron chi connectivity index (χ3n) is 3.28. The van der Waals surface area contributed by atoms with E-state index in [4.69, 9.17) is 20.3 Å². The Morgan fingerprint density at radius 3 is 3.06 bits per heavy atom. The summed E-state index contributed by atoms with van der Waals surface area (Å²) in [5.41, 5.74) is 5.63. The molecule has 0 amide bonds. The Morgan fingerprint density at radius 1 is 1.50 bits per heavy atom.